The molecular weight excluding hydrogens is 987 g/mol. The van der Waals surface area contributed by atoms with Crippen LogP contribution in [0.2, 0.25) is 0 Å². The summed E-state index contributed by atoms with van der Waals surface area (Å²) in [6.07, 6.45) is 97.4. The molecule has 1 amide bonds. The zero-order chi connectivity index (χ0) is 59.3. The molecule has 0 bridgehead atoms. The fraction of sp³-hybridized carbons (Fsp3) is 0.466. The van der Waals surface area contributed by atoms with Crippen LogP contribution in [-0.2, 0) is 28.6 Å². The maximum absolute atomic E-state index is 11.6. The Balaban J connectivity index is -0.00000111. The summed E-state index contributed by atoms with van der Waals surface area (Å²) in [5.74, 6) is -0.791. The number of primary amides is 1. The quantitative estimate of drug-likeness (QED) is 0.0481. The highest BCUT2D eigenvalue weighted by Crippen LogP contribution is 2.08. The van der Waals surface area contributed by atoms with E-state index >= 15 is 0 Å². The topological polar surface area (TPSA) is 105 Å². The van der Waals surface area contributed by atoms with Gasteiger partial charge in [0, 0.05) is 19.4 Å². The van der Waals surface area contributed by atoms with Crippen LogP contribution in [0.3, 0.4) is 0 Å². The van der Waals surface area contributed by atoms with E-state index in [-0.39, 0.29) is 29.7 Å². The van der Waals surface area contributed by atoms with Gasteiger partial charge in [-0.25, -0.2) is 4.79 Å². The Hall–Kier alpha value is -6.31. The molecule has 7 nitrogen and oxygen atoms in total. The SMILES string of the molecule is CC/C=C\C/C=C\C/C=C\C/C=C\C/C=C\C/C=C\CC(C)C(=O)OCC.CC/C=C\C/C=C\C/C=C\C/C=C\C/C=C\C/C=C\CC(C)C(N)=O.CC/C=C\C/C=C\C/C=C\C/C=C\C/C=C\C/C=C\CC(OC)C(=O)OCC. The summed E-state index contributed by atoms with van der Waals surface area (Å²) >= 11 is 0. The first-order valence-electron chi connectivity index (χ1n) is 30.0. The first-order chi connectivity index (χ1) is 39.2. The van der Waals surface area contributed by atoms with Crippen LogP contribution in [0.25, 0.3) is 0 Å². The van der Waals surface area contributed by atoms with Crippen LogP contribution in [0, 0.1) is 11.8 Å². The van der Waals surface area contributed by atoms with E-state index in [2.05, 4.69) is 221 Å². The van der Waals surface area contributed by atoms with E-state index < -0.39 is 6.10 Å². The molecule has 0 aromatic rings. The minimum absolute atomic E-state index is 0.0606. The van der Waals surface area contributed by atoms with E-state index in [0.717, 1.165) is 128 Å². The number of carbonyl (C=O) groups is 3. The highest BCUT2D eigenvalue weighted by Gasteiger charge is 2.16. The molecule has 0 saturated heterocycles. The number of carbonyl (C=O) groups excluding carboxylic acids is 3. The predicted octanol–water partition coefficient (Wildman–Crippen LogP) is 20.1. The van der Waals surface area contributed by atoms with Crippen LogP contribution in [0.1, 0.15) is 183 Å². The zero-order valence-corrected chi connectivity index (χ0v) is 51.3. The summed E-state index contributed by atoms with van der Waals surface area (Å²) in [4.78, 5) is 33.9. The van der Waals surface area contributed by atoms with Crippen molar-refractivity contribution < 1.29 is 28.6 Å². The molecule has 0 aliphatic heterocycles. The molecule has 7 heteroatoms. The van der Waals surface area contributed by atoms with Gasteiger partial charge in [-0.1, -0.05) is 253 Å². The Bertz CT molecular complexity index is 2000. The van der Waals surface area contributed by atoms with Crippen LogP contribution < -0.4 is 5.73 Å². The molecule has 3 unspecified atom stereocenters. The highest BCUT2D eigenvalue weighted by molar-refractivity contribution is 5.76. The van der Waals surface area contributed by atoms with Crippen molar-refractivity contribution in [3.8, 4) is 0 Å². The lowest BCUT2D eigenvalue weighted by Crippen LogP contribution is -2.24. The van der Waals surface area contributed by atoms with Gasteiger partial charge in [-0.2, -0.15) is 0 Å². The van der Waals surface area contributed by atoms with Gasteiger partial charge in [0.25, 0.3) is 0 Å². The highest BCUT2D eigenvalue weighted by atomic mass is 16.6. The lowest BCUT2D eigenvalue weighted by atomic mass is 10.1. The Kier molecular flexibility index (Phi) is 67.0. The van der Waals surface area contributed by atoms with Crippen molar-refractivity contribution in [2.75, 3.05) is 20.3 Å². The molecule has 0 spiro atoms. The van der Waals surface area contributed by atoms with Gasteiger partial charge in [-0.05, 0) is 142 Å². The monoisotopic (exact) mass is 1100 g/mol. The summed E-state index contributed by atoms with van der Waals surface area (Å²) in [7, 11) is 1.53. The van der Waals surface area contributed by atoms with Crippen molar-refractivity contribution >= 4 is 17.8 Å². The van der Waals surface area contributed by atoms with Crippen molar-refractivity contribution in [2.45, 2.75) is 189 Å². The van der Waals surface area contributed by atoms with E-state index in [4.69, 9.17) is 19.9 Å². The number of hydrogen-bond donors (Lipinski definition) is 1. The molecule has 0 fully saturated rings. The lowest BCUT2D eigenvalue weighted by molar-refractivity contribution is -0.154. The number of rotatable bonds is 45. The second-order valence-electron chi connectivity index (χ2n) is 18.4. The third-order valence-corrected chi connectivity index (χ3v) is 11.1. The predicted molar refractivity (Wildman–Crippen MR) is 350 cm³/mol. The van der Waals surface area contributed by atoms with Crippen LogP contribution in [0.15, 0.2) is 219 Å². The second-order valence-corrected chi connectivity index (χ2v) is 18.4. The first-order valence-corrected chi connectivity index (χ1v) is 30.0. The van der Waals surface area contributed by atoms with Crippen molar-refractivity contribution in [3.05, 3.63) is 219 Å². The molecule has 0 rings (SSSR count). The van der Waals surface area contributed by atoms with Crippen LogP contribution in [-0.4, -0.2) is 44.3 Å². The summed E-state index contributed by atoms with van der Waals surface area (Å²) < 4.78 is 15.1. The Morgan fingerprint density at radius 3 is 0.713 bits per heavy atom. The average Bonchev–Trinajstić information content (AvgIpc) is 3.45. The number of methoxy groups -OCH3 is 1. The van der Waals surface area contributed by atoms with Gasteiger partial charge in [0.15, 0.2) is 6.10 Å². The Morgan fingerprint density at radius 2 is 0.500 bits per heavy atom. The van der Waals surface area contributed by atoms with Gasteiger partial charge in [0.1, 0.15) is 0 Å². The first kappa shape index (κ1) is 77.9. The number of nitrogens with two attached hydrogens (primary N) is 1. The third kappa shape index (κ3) is 66.0. The largest absolute Gasteiger partial charge is 0.466 e. The van der Waals surface area contributed by atoms with Crippen LogP contribution in [0.5, 0.6) is 0 Å². The normalized spacial score (nSPS) is 14.1. The smallest absolute Gasteiger partial charge is 0.335 e. The summed E-state index contributed by atoms with van der Waals surface area (Å²) in [6, 6.07) is 0. The molecule has 80 heavy (non-hydrogen) atoms. The van der Waals surface area contributed by atoms with Crippen LogP contribution in [0.4, 0.5) is 0 Å². The standard InChI is InChI=1S/C25H38O3.C25H38O2.C23H35NO/c1-4-6-7-8-9-10-11-12-13-14-15-16-17-18-19-20-21-22-23-24(27-3)25(26)28-5-2;1-4-6-7-8-9-10-11-12-13-14-15-16-17-18-19-20-21-22-23-24(3)25(26)27-5-2;1-3-4-5-6-7-8-9-10-11-12-13-14-15-16-17-18-19-20-21-22(2)23(24)25/h6-7,9-10,12-13,15-16,18-19,21-22,24H,4-5,8,11,14,17,20,23H2,1-3H3;6-7,9-10,12-13,15-16,18-19,21-22,24H,4-5,8,11,14,17,20,23H2,1-3H3;4-5,7-8,10-11,13-14,16-17,19-20,22H,3,6,9,12,15,18,21H2,1-2H3,(H2,24,25)/b2*7-6-,10-9-,13-12-,16-15-,19-18-,22-21-;5-4-,8-7-,11-10-,14-13-,17-16-,20-19-. The number of ether oxygens (including phenoxy) is 3. The molecule has 0 radical (unpaired) electrons. The van der Waals surface area contributed by atoms with Gasteiger partial charge < -0.3 is 19.9 Å². The second kappa shape index (κ2) is 68.8. The van der Waals surface area contributed by atoms with Crippen molar-refractivity contribution in [1.29, 1.82) is 0 Å². The summed E-state index contributed by atoms with van der Waals surface area (Å²) in [5, 5.41) is 0. The number of esters is 2. The van der Waals surface area contributed by atoms with Gasteiger partial charge in [0.05, 0.1) is 19.1 Å². The lowest BCUT2D eigenvalue weighted by Gasteiger charge is -2.11. The van der Waals surface area contributed by atoms with E-state index in [1.807, 2.05) is 39.0 Å². The molecule has 0 aromatic heterocycles. The molecule has 2 N–H and O–H groups in total. The van der Waals surface area contributed by atoms with Gasteiger partial charge >= 0.3 is 11.9 Å². The zero-order valence-electron chi connectivity index (χ0n) is 51.3. The van der Waals surface area contributed by atoms with Crippen molar-refractivity contribution in [3.63, 3.8) is 0 Å². The summed E-state index contributed by atoms with van der Waals surface area (Å²) in [6.45, 7) is 14.7. The van der Waals surface area contributed by atoms with Crippen molar-refractivity contribution in [2.24, 2.45) is 17.6 Å². The van der Waals surface area contributed by atoms with E-state index in [1.165, 1.54) is 7.11 Å². The molecule has 0 heterocycles. The summed E-state index contributed by atoms with van der Waals surface area (Å²) in [5.41, 5.74) is 5.21. The maximum Gasteiger partial charge on any atom is 0.335 e. The van der Waals surface area contributed by atoms with Crippen LogP contribution >= 0.6 is 0 Å². The number of amides is 1. The molecule has 0 saturated carbocycles. The van der Waals surface area contributed by atoms with E-state index in [1.54, 1.807) is 6.92 Å². The average molecular weight is 1100 g/mol. The fourth-order valence-corrected chi connectivity index (χ4v) is 6.41. The molecule has 0 aliphatic carbocycles. The fourth-order valence-electron chi connectivity index (χ4n) is 6.41. The van der Waals surface area contributed by atoms with E-state index in [0.29, 0.717) is 19.6 Å². The maximum atomic E-state index is 11.6. The van der Waals surface area contributed by atoms with Gasteiger partial charge in [0.2, 0.25) is 5.91 Å². The minimum atomic E-state index is -0.510. The molecule has 0 aromatic carbocycles. The number of hydrogen-bond acceptors (Lipinski definition) is 6. The third-order valence-electron chi connectivity index (χ3n) is 11.1. The molecule has 444 valence electrons. The van der Waals surface area contributed by atoms with Crippen molar-refractivity contribution in [1.82, 2.24) is 0 Å². The molecule has 3 atom stereocenters. The molecule has 0 aliphatic rings. The van der Waals surface area contributed by atoms with E-state index in [9.17, 15) is 14.4 Å². The molecular formula is C73H111NO6. The van der Waals surface area contributed by atoms with Gasteiger partial charge in [-0.3, -0.25) is 9.59 Å². The Morgan fingerprint density at radius 1 is 0.300 bits per heavy atom. The minimum Gasteiger partial charge on any atom is -0.466 e. The van der Waals surface area contributed by atoms with Gasteiger partial charge in [-0.15, -0.1) is 0 Å². The number of allylic oxidation sites excluding steroid dienone is 35. The Labute approximate surface area is 490 Å².